The molecule has 0 saturated carbocycles. The van der Waals surface area contributed by atoms with E-state index in [0.717, 1.165) is 29.2 Å². The Morgan fingerprint density at radius 1 is 1.18 bits per heavy atom. The molecule has 22 heavy (non-hydrogen) atoms. The lowest BCUT2D eigenvalue weighted by atomic mass is 10.0. The van der Waals surface area contributed by atoms with Gasteiger partial charge in [-0.05, 0) is 43.9 Å². The standard InChI is InChI=1S/C17H25NO3S/c1-12(2)4-5-13(3)18-17(19)11-22-14-6-7-15-16(10-14)21-9-8-20-15/h6-7,10,12-13H,4-5,8-9,11H2,1-3H3,(H,18,19). The average Bonchev–Trinajstić information content (AvgIpc) is 2.50. The topological polar surface area (TPSA) is 47.6 Å². The van der Waals surface area contributed by atoms with Crippen LogP contribution in [0.25, 0.3) is 0 Å². The van der Waals surface area contributed by atoms with Gasteiger partial charge in [0.05, 0.1) is 5.75 Å². The number of fused-ring (bicyclic) bond motifs is 1. The van der Waals surface area contributed by atoms with Crippen molar-refractivity contribution in [2.75, 3.05) is 19.0 Å². The number of amides is 1. The van der Waals surface area contributed by atoms with E-state index in [1.54, 1.807) is 0 Å². The number of thioether (sulfide) groups is 1. The van der Waals surface area contributed by atoms with Gasteiger partial charge in [-0.1, -0.05) is 13.8 Å². The van der Waals surface area contributed by atoms with Gasteiger partial charge in [-0.3, -0.25) is 4.79 Å². The van der Waals surface area contributed by atoms with E-state index in [1.165, 1.54) is 11.8 Å². The Kier molecular flexibility index (Phi) is 6.43. The van der Waals surface area contributed by atoms with Gasteiger partial charge in [0, 0.05) is 10.9 Å². The maximum atomic E-state index is 12.0. The number of nitrogens with one attached hydrogen (secondary N) is 1. The first-order valence-corrected chi connectivity index (χ1v) is 8.85. The van der Waals surface area contributed by atoms with Crippen LogP contribution in [0.3, 0.4) is 0 Å². The van der Waals surface area contributed by atoms with Crippen molar-refractivity contribution >= 4 is 17.7 Å². The molecular weight excluding hydrogens is 298 g/mol. The number of benzene rings is 1. The molecule has 1 heterocycles. The summed E-state index contributed by atoms with van der Waals surface area (Å²) in [6, 6.07) is 6.04. The second-order valence-electron chi connectivity index (χ2n) is 6.03. The van der Waals surface area contributed by atoms with Crippen LogP contribution in [-0.4, -0.2) is 30.9 Å². The van der Waals surface area contributed by atoms with Crippen LogP contribution in [0.4, 0.5) is 0 Å². The zero-order valence-corrected chi connectivity index (χ0v) is 14.4. The van der Waals surface area contributed by atoms with Crippen LogP contribution in [0.5, 0.6) is 11.5 Å². The molecule has 1 amide bonds. The van der Waals surface area contributed by atoms with Gasteiger partial charge in [0.1, 0.15) is 13.2 Å². The third-order valence-electron chi connectivity index (χ3n) is 3.47. The van der Waals surface area contributed by atoms with E-state index < -0.39 is 0 Å². The molecule has 1 aliphatic rings. The SMILES string of the molecule is CC(C)CCC(C)NC(=O)CSc1ccc2c(c1)OCCO2. The molecular formula is C17H25NO3S. The highest BCUT2D eigenvalue weighted by Gasteiger charge is 2.13. The summed E-state index contributed by atoms with van der Waals surface area (Å²) < 4.78 is 11.0. The smallest absolute Gasteiger partial charge is 0.230 e. The Morgan fingerprint density at radius 2 is 1.91 bits per heavy atom. The van der Waals surface area contributed by atoms with Crippen LogP contribution in [-0.2, 0) is 4.79 Å². The van der Waals surface area contributed by atoms with Crippen molar-refractivity contribution in [3.8, 4) is 11.5 Å². The fourth-order valence-corrected chi connectivity index (χ4v) is 2.97. The highest BCUT2D eigenvalue weighted by Crippen LogP contribution is 2.34. The third kappa shape index (κ3) is 5.44. The number of carbonyl (C=O) groups is 1. The third-order valence-corrected chi connectivity index (χ3v) is 4.46. The lowest BCUT2D eigenvalue weighted by molar-refractivity contribution is -0.119. The molecule has 1 aromatic carbocycles. The van der Waals surface area contributed by atoms with E-state index in [0.29, 0.717) is 24.9 Å². The summed E-state index contributed by atoms with van der Waals surface area (Å²) in [6.07, 6.45) is 2.16. The van der Waals surface area contributed by atoms with Crippen molar-refractivity contribution in [2.24, 2.45) is 5.92 Å². The van der Waals surface area contributed by atoms with Crippen LogP contribution >= 0.6 is 11.8 Å². The molecule has 1 aromatic rings. The van der Waals surface area contributed by atoms with Crippen molar-refractivity contribution < 1.29 is 14.3 Å². The molecule has 0 fully saturated rings. The van der Waals surface area contributed by atoms with E-state index >= 15 is 0 Å². The number of ether oxygens (including phenoxy) is 2. The minimum Gasteiger partial charge on any atom is -0.486 e. The minimum absolute atomic E-state index is 0.0798. The second kappa shape index (κ2) is 8.32. The summed E-state index contributed by atoms with van der Waals surface area (Å²) in [5, 5.41) is 3.05. The van der Waals surface area contributed by atoms with Gasteiger partial charge in [-0.15, -0.1) is 11.8 Å². The van der Waals surface area contributed by atoms with Gasteiger partial charge in [0.2, 0.25) is 5.91 Å². The fourth-order valence-electron chi connectivity index (χ4n) is 2.23. The summed E-state index contributed by atoms with van der Waals surface area (Å²) >= 11 is 1.52. The van der Waals surface area contributed by atoms with Crippen molar-refractivity contribution in [3.63, 3.8) is 0 Å². The van der Waals surface area contributed by atoms with Gasteiger partial charge >= 0.3 is 0 Å². The maximum Gasteiger partial charge on any atom is 0.230 e. The Hall–Kier alpha value is -1.36. The summed E-state index contributed by atoms with van der Waals surface area (Å²) in [4.78, 5) is 13.0. The van der Waals surface area contributed by atoms with Crippen molar-refractivity contribution in [1.29, 1.82) is 0 Å². The predicted molar refractivity (Wildman–Crippen MR) is 89.8 cm³/mol. The maximum absolute atomic E-state index is 12.0. The van der Waals surface area contributed by atoms with Crippen molar-refractivity contribution in [1.82, 2.24) is 5.32 Å². The monoisotopic (exact) mass is 323 g/mol. The molecule has 5 heteroatoms. The quantitative estimate of drug-likeness (QED) is 0.780. The first-order chi connectivity index (χ1) is 10.5. The molecule has 1 atom stereocenters. The van der Waals surface area contributed by atoms with Crippen LogP contribution in [0.1, 0.15) is 33.6 Å². The molecule has 0 aliphatic carbocycles. The van der Waals surface area contributed by atoms with Crippen LogP contribution in [0, 0.1) is 5.92 Å². The molecule has 1 N–H and O–H groups in total. The number of rotatable bonds is 7. The van der Waals surface area contributed by atoms with Gasteiger partial charge < -0.3 is 14.8 Å². The van der Waals surface area contributed by atoms with E-state index in [4.69, 9.17) is 9.47 Å². The van der Waals surface area contributed by atoms with Gasteiger partial charge in [-0.25, -0.2) is 0 Å². The molecule has 0 spiro atoms. The summed E-state index contributed by atoms with van der Waals surface area (Å²) in [5.74, 6) is 2.72. The number of carbonyl (C=O) groups excluding carboxylic acids is 1. The van der Waals surface area contributed by atoms with Crippen molar-refractivity contribution in [3.05, 3.63) is 18.2 Å². The Balaban J connectivity index is 1.76. The molecule has 4 nitrogen and oxygen atoms in total. The first-order valence-electron chi connectivity index (χ1n) is 7.86. The number of hydrogen-bond donors (Lipinski definition) is 1. The largest absolute Gasteiger partial charge is 0.486 e. The Morgan fingerprint density at radius 3 is 2.64 bits per heavy atom. The molecule has 0 saturated heterocycles. The minimum atomic E-state index is 0.0798. The predicted octanol–water partition coefficient (Wildman–Crippen LogP) is 3.49. The molecule has 2 rings (SSSR count). The van der Waals surface area contributed by atoms with Gasteiger partial charge in [-0.2, -0.15) is 0 Å². The molecule has 122 valence electrons. The van der Waals surface area contributed by atoms with Crippen LogP contribution < -0.4 is 14.8 Å². The lowest BCUT2D eigenvalue weighted by Crippen LogP contribution is -2.34. The zero-order chi connectivity index (χ0) is 15.9. The molecule has 0 radical (unpaired) electrons. The Bertz CT molecular complexity index is 505. The van der Waals surface area contributed by atoms with Crippen LogP contribution in [0.15, 0.2) is 23.1 Å². The van der Waals surface area contributed by atoms with Gasteiger partial charge in [0.25, 0.3) is 0 Å². The molecule has 0 aromatic heterocycles. The van der Waals surface area contributed by atoms with E-state index in [2.05, 4.69) is 26.1 Å². The lowest BCUT2D eigenvalue weighted by Gasteiger charge is -2.19. The second-order valence-corrected chi connectivity index (χ2v) is 7.08. The molecule has 0 bridgehead atoms. The van der Waals surface area contributed by atoms with Gasteiger partial charge in [0.15, 0.2) is 11.5 Å². The van der Waals surface area contributed by atoms with E-state index in [-0.39, 0.29) is 11.9 Å². The molecule has 1 aliphatic heterocycles. The highest BCUT2D eigenvalue weighted by molar-refractivity contribution is 8.00. The van der Waals surface area contributed by atoms with Crippen LogP contribution in [0.2, 0.25) is 0 Å². The summed E-state index contributed by atoms with van der Waals surface area (Å²) in [5.41, 5.74) is 0. The average molecular weight is 323 g/mol. The highest BCUT2D eigenvalue weighted by atomic mass is 32.2. The number of hydrogen-bond acceptors (Lipinski definition) is 4. The first kappa shape index (κ1) is 17.0. The summed E-state index contributed by atoms with van der Waals surface area (Å²) in [6.45, 7) is 7.64. The Labute approximate surface area is 137 Å². The van der Waals surface area contributed by atoms with Crippen molar-refractivity contribution in [2.45, 2.75) is 44.6 Å². The summed E-state index contributed by atoms with van der Waals surface area (Å²) in [7, 11) is 0. The normalized spacial score (nSPS) is 14.7. The van der Waals surface area contributed by atoms with E-state index in [1.807, 2.05) is 18.2 Å². The zero-order valence-electron chi connectivity index (χ0n) is 13.6. The fraction of sp³-hybridized carbons (Fsp3) is 0.588. The van der Waals surface area contributed by atoms with E-state index in [9.17, 15) is 4.79 Å². The molecule has 1 unspecified atom stereocenters.